The second-order valence-electron chi connectivity index (χ2n) is 6.81. The summed E-state index contributed by atoms with van der Waals surface area (Å²) in [5.41, 5.74) is 1.76. The molecule has 1 fully saturated rings. The summed E-state index contributed by atoms with van der Waals surface area (Å²) in [6, 6.07) is 17.3. The van der Waals surface area contributed by atoms with Crippen LogP contribution in [0.4, 0.5) is 0 Å². The molecule has 5 nitrogen and oxygen atoms in total. The molecule has 1 saturated carbocycles. The van der Waals surface area contributed by atoms with E-state index in [4.69, 9.17) is 9.84 Å². The minimum absolute atomic E-state index is 0.0875. The zero-order valence-electron chi connectivity index (χ0n) is 14.6. The number of hydrogen-bond donors (Lipinski definition) is 2. The van der Waals surface area contributed by atoms with Gasteiger partial charge in [-0.1, -0.05) is 48.9 Å². The molecule has 0 saturated heterocycles. The number of hydrogen-bond acceptors (Lipinski definition) is 3. The van der Waals surface area contributed by atoms with Crippen LogP contribution < -0.4 is 10.1 Å². The van der Waals surface area contributed by atoms with Crippen LogP contribution >= 0.6 is 0 Å². The largest absolute Gasteiger partial charge is 0.482 e. The van der Waals surface area contributed by atoms with Crippen molar-refractivity contribution < 1.29 is 19.4 Å². The van der Waals surface area contributed by atoms with Crippen LogP contribution in [0.15, 0.2) is 54.6 Å². The molecule has 136 valence electrons. The van der Waals surface area contributed by atoms with E-state index < -0.39 is 5.97 Å². The van der Waals surface area contributed by atoms with E-state index in [9.17, 15) is 9.59 Å². The molecule has 0 heterocycles. The van der Waals surface area contributed by atoms with Gasteiger partial charge in [0.05, 0.1) is 5.41 Å². The van der Waals surface area contributed by atoms with Crippen molar-refractivity contribution in [3.05, 3.63) is 65.7 Å². The van der Waals surface area contributed by atoms with Crippen molar-refractivity contribution in [2.75, 3.05) is 6.61 Å². The number of nitrogens with one attached hydrogen (secondary N) is 1. The number of carbonyl (C=O) groups excluding carboxylic acids is 1. The fourth-order valence-corrected chi connectivity index (χ4v) is 3.33. The molecule has 1 aliphatic carbocycles. The maximum atomic E-state index is 12.8. The van der Waals surface area contributed by atoms with Crippen molar-refractivity contribution in [3.8, 4) is 5.75 Å². The Morgan fingerprint density at radius 1 is 1.04 bits per heavy atom. The first-order valence-corrected chi connectivity index (χ1v) is 8.83. The second kappa shape index (κ2) is 8.04. The Hall–Kier alpha value is -2.82. The summed E-state index contributed by atoms with van der Waals surface area (Å²) < 4.78 is 5.18. The molecular weight excluding hydrogens is 330 g/mol. The minimum atomic E-state index is -1.02. The van der Waals surface area contributed by atoms with E-state index in [0.717, 1.165) is 31.2 Å². The molecule has 2 aromatic rings. The number of carbonyl (C=O) groups is 2. The van der Waals surface area contributed by atoms with Gasteiger partial charge in [-0.3, -0.25) is 4.79 Å². The Morgan fingerprint density at radius 3 is 2.42 bits per heavy atom. The highest BCUT2D eigenvalue weighted by Gasteiger charge is 2.43. The van der Waals surface area contributed by atoms with Gasteiger partial charge in [-0.25, -0.2) is 4.79 Å². The molecule has 26 heavy (non-hydrogen) atoms. The van der Waals surface area contributed by atoms with Crippen molar-refractivity contribution in [1.82, 2.24) is 5.32 Å². The average molecular weight is 353 g/mol. The first kappa shape index (κ1) is 18.0. The zero-order valence-corrected chi connectivity index (χ0v) is 14.6. The van der Waals surface area contributed by atoms with E-state index in [1.165, 1.54) is 5.56 Å². The highest BCUT2D eigenvalue weighted by molar-refractivity contribution is 5.83. The van der Waals surface area contributed by atoms with E-state index in [1.54, 1.807) is 18.2 Å². The summed E-state index contributed by atoms with van der Waals surface area (Å²) in [7, 11) is 0. The molecule has 1 amide bonds. The van der Waals surface area contributed by atoms with Crippen molar-refractivity contribution in [1.29, 1.82) is 0 Å². The Bertz CT molecular complexity index is 769. The van der Waals surface area contributed by atoms with Gasteiger partial charge in [-0.15, -0.1) is 0 Å². The molecule has 3 rings (SSSR count). The second-order valence-corrected chi connectivity index (χ2v) is 6.81. The van der Waals surface area contributed by atoms with Gasteiger partial charge in [0, 0.05) is 6.54 Å². The first-order chi connectivity index (χ1) is 12.6. The van der Waals surface area contributed by atoms with E-state index in [0.29, 0.717) is 12.3 Å². The molecule has 2 aromatic carbocycles. The van der Waals surface area contributed by atoms with Crippen LogP contribution in [-0.2, 0) is 22.6 Å². The predicted octanol–water partition coefficient (Wildman–Crippen LogP) is 3.18. The van der Waals surface area contributed by atoms with Gasteiger partial charge in [0.1, 0.15) is 5.75 Å². The van der Waals surface area contributed by atoms with E-state index in [-0.39, 0.29) is 17.9 Å². The van der Waals surface area contributed by atoms with Gasteiger partial charge in [0.25, 0.3) is 0 Å². The molecule has 0 aliphatic heterocycles. The molecule has 0 spiro atoms. The lowest BCUT2D eigenvalue weighted by molar-refractivity contribution is -0.139. The summed E-state index contributed by atoms with van der Waals surface area (Å²) >= 11 is 0. The van der Waals surface area contributed by atoms with Crippen molar-refractivity contribution in [3.63, 3.8) is 0 Å². The fraction of sp³-hybridized carbons (Fsp3) is 0.333. The third-order valence-corrected chi connectivity index (χ3v) is 4.89. The van der Waals surface area contributed by atoms with Crippen LogP contribution in [0.2, 0.25) is 0 Å². The molecule has 1 aliphatic rings. The van der Waals surface area contributed by atoms with Crippen LogP contribution in [0.25, 0.3) is 0 Å². The Balaban J connectivity index is 1.59. The summed E-state index contributed by atoms with van der Waals surface area (Å²) in [6.07, 6.45) is 3.67. The SMILES string of the molecule is O=C(O)COc1cccc(CNC(=O)C2(Cc3ccccc3)CCC2)c1. The number of aliphatic carboxylic acids is 1. The van der Waals surface area contributed by atoms with E-state index in [2.05, 4.69) is 17.4 Å². The van der Waals surface area contributed by atoms with Crippen LogP contribution in [0.3, 0.4) is 0 Å². The summed E-state index contributed by atoms with van der Waals surface area (Å²) in [4.78, 5) is 23.4. The van der Waals surface area contributed by atoms with Gasteiger partial charge in [0.15, 0.2) is 6.61 Å². The fourth-order valence-electron chi connectivity index (χ4n) is 3.33. The Labute approximate surface area is 153 Å². The lowest BCUT2D eigenvalue weighted by atomic mass is 9.64. The molecule has 0 bridgehead atoms. The quantitative estimate of drug-likeness (QED) is 0.764. The van der Waals surface area contributed by atoms with Gasteiger partial charge in [-0.2, -0.15) is 0 Å². The van der Waals surface area contributed by atoms with Crippen LogP contribution in [0.5, 0.6) is 5.75 Å². The number of ether oxygens (including phenoxy) is 1. The van der Waals surface area contributed by atoms with Crippen molar-refractivity contribution in [2.45, 2.75) is 32.2 Å². The standard InChI is InChI=1S/C21H23NO4/c23-19(24)15-26-18-9-4-8-17(12-18)14-22-20(25)21(10-5-11-21)13-16-6-2-1-3-7-16/h1-4,6-9,12H,5,10-11,13-15H2,(H,22,25)(H,23,24). The van der Waals surface area contributed by atoms with Crippen molar-refractivity contribution in [2.24, 2.45) is 5.41 Å². The van der Waals surface area contributed by atoms with E-state index >= 15 is 0 Å². The molecule has 0 aromatic heterocycles. The summed E-state index contributed by atoms with van der Waals surface area (Å²) in [5, 5.41) is 11.7. The van der Waals surface area contributed by atoms with Gasteiger partial charge >= 0.3 is 5.97 Å². The molecule has 0 atom stereocenters. The zero-order chi connectivity index (χ0) is 18.4. The normalized spacial score (nSPS) is 14.9. The maximum Gasteiger partial charge on any atom is 0.341 e. The number of benzene rings is 2. The van der Waals surface area contributed by atoms with Crippen LogP contribution in [0, 0.1) is 5.41 Å². The van der Waals surface area contributed by atoms with Crippen LogP contribution in [-0.4, -0.2) is 23.6 Å². The number of amides is 1. The molecule has 5 heteroatoms. The van der Waals surface area contributed by atoms with Gasteiger partial charge in [-0.05, 0) is 42.5 Å². The molecule has 0 unspecified atom stereocenters. The lowest BCUT2D eigenvalue weighted by Gasteiger charge is -2.40. The Morgan fingerprint density at radius 2 is 1.77 bits per heavy atom. The average Bonchev–Trinajstić information content (AvgIpc) is 2.62. The van der Waals surface area contributed by atoms with E-state index in [1.807, 2.05) is 24.3 Å². The number of rotatable bonds is 8. The minimum Gasteiger partial charge on any atom is -0.482 e. The maximum absolute atomic E-state index is 12.8. The third-order valence-electron chi connectivity index (χ3n) is 4.89. The number of carboxylic acids is 1. The van der Waals surface area contributed by atoms with Gasteiger partial charge in [0.2, 0.25) is 5.91 Å². The monoisotopic (exact) mass is 353 g/mol. The third kappa shape index (κ3) is 4.42. The lowest BCUT2D eigenvalue weighted by Crippen LogP contribution is -2.46. The summed E-state index contributed by atoms with van der Waals surface area (Å²) in [5.74, 6) is -0.442. The number of carboxylic acid groups (broad SMARTS) is 1. The highest BCUT2D eigenvalue weighted by atomic mass is 16.5. The highest BCUT2D eigenvalue weighted by Crippen LogP contribution is 2.44. The Kier molecular flexibility index (Phi) is 5.56. The van der Waals surface area contributed by atoms with Crippen molar-refractivity contribution >= 4 is 11.9 Å². The smallest absolute Gasteiger partial charge is 0.341 e. The van der Waals surface area contributed by atoms with Gasteiger partial charge < -0.3 is 15.2 Å². The topological polar surface area (TPSA) is 75.6 Å². The summed E-state index contributed by atoms with van der Waals surface area (Å²) in [6.45, 7) is 0.0235. The molecular formula is C21H23NO4. The van der Waals surface area contributed by atoms with Crippen LogP contribution in [0.1, 0.15) is 30.4 Å². The molecule has 0 radical (unpaired) electrons. The first-order valence-electron chi connectivity index (χ1n) is 8.83. The predicted molar refractivity (Wildman–Crippen MR) is 97.8 cm³/mol. The molecule has 2 N–H and O–H groups in total.